The van der Waals surface area contributed by atoms with Crippen LogP contribution in [0.5, 0.6) is 11.5 Å². The van der Waals surface area contributed by atoms with Gasteiger partial charge in [0.15, 0.2) is 0 Å². The standard InChI is InChI=1S/C20H18N4O/c1-13-21-11-19(23-13)15-6-8-17(9-7-15)25-18-5-3-4-16(10-18)20-12-22-14(2)24-20/h3-12H,1-2H3,(H,21,23)(H,22,24). The number of aryl methyl sites for hydroxylation is 2. The lowest BCUT2D eigenvalue weighted by Crippen LogP contribution is -1.86. The molecular formula is C20H18N4O. The molecule has 25 heavy (non-hydrogen) atoms. The van der Waals surface area contributed by atoms with Crippen molar-refractivity contribution in [2.24, 2.45) is 0 Å². The van der Waals surface area contributed by atoms with Gasteiger partial charge in [0.05, 0.1) is 23.8 Å². The second-order valence-electron chi connectivity index (χ2n) is 5.92. The number of hydrogen-bond acceptors (Lipinski definition) is 3. The lowest BCUT2D eigenvalue weighted by molar-refractivity contribution is 0.483. The van der Waals surface area contributed by atoms with Crippen molar-refractivity contribution >= 4 is 0 Å². The number of nitrogens with zero attached hydrogens (tertiary/aromatic N) is 2. The van der Waals surface area contributed by atoms with Crippen molar-refractivity contribution in [3.63, 3.8) is 0 Å². The molecule has 0 saturated heterocycles. The highest BCUT2D eigenvalue weighted by Gasteiger charge is 2.05. The predicted octanol–water partition coefficient (Wildman–Crippen LogP) is 4.88. The monoisotopic (exact) mass is 330 g/mol. The third-order valence-corrected chi connectivity index (χ3v) is 3.95. The summed E-state index contributed by atoms with van der Waals surface area (Å²) in [4.78, 5) is 14.9. The lowest BCUT2D eigenvalue weighted by atomic mass is 10.1. The third kappa shape index (κ3) is 3.30. The first-order valence-corrected chi connectivity index (χ1v) is 8.09. The van der Waals surface area contributed by atoms with Gasteiger partial charge in [-0.25, -0.2) is 9.97 Å². The molecule has 2 heterocycles. The topological polar surface area (TPSA) is 66.6 Å². The van der Waals surface area contributed by atoms with Crippen LogP contribution in [0.2, 0.25) is 0 Å². The molecule has 0 fully saturated rings. The molecule has 0 atom stereocenters. The average Bonchev–Trinajstić information content (AvgIpc) is 3.24. The van der Waals surface area contributed by atoms with Gasteiger partial charge in [0.25, 0.3) is 0 Å². The predicted molar refractivity (Wildman–Crippen MR) is 97.6 cm³/mol. The Morgan fingerprint density at radius 2 is 1.36 bits per heavy atom. The highest BCUT2D eigenvalue weighted by atomic mass is 16.5. The Morgan fingerprint density at radius 3 is 1.96 bits per heavy atom. The molecule has 0 aliphatic rings. The van der Waals surface area contributed by atoms with E-state index in [1.807, 2.05) is 74.8 Å². The molecule has 0 bridgehead atoms. The Labute approximate surface area is 145 Å². The summed E-state index contributed by atoms with van der Waals surface area (Å²) in [7, 11) is 0. The van der Waals surface area contributed by atoms with Crippen molar-refractivity contribution in [1.82, 2.24) is 19.9 Å². The highest BCUT2D eigenvalue weighted by molar-refractivity contribution is 5.62. The number of benzene rings is 2. The molecule has 5 heteroatoms. The third-order valence-electron chi connectivity index (χ3n) is 3.95. The van der Waals surface area contributed by atoms with E-state index < -0.39 is 0 Å². The first kappa shape index (κ1) is 15.2. The van der Waals surface area contributed by atoms with E-state index in [0.717, 1.165) is 45.7 Å². The fourth-order valence-electron chi connectivity index (χ4n) is 2.70. The minimum Gasteiger partial charge on any atom is -0.457 e. The van der Waals surface area contributed by atoms with Gasteiger partial charge in [-0.1, -0.05) is 12.1 Å². The van der Waals surface area contributed by atoms with Crippen LogP contribution in [-0.4, -0.2) is 19.9 Å². The van der Waals surface area contributed by atoms with Crippen LogP contribution in [0, 0.1) is 13.8 Å². The van der Waals surface area contributed by atoms with E-state index in [-0.39, 0.29) is 0 Å². The smallest absolute Gasteiger partial charge is 0.128 e. The number of aromatic nitrogens is 4. The van der Waals surface area contributed by atoms with Gasteiger partial charge in [-0.3, -0.25) is 0 Å². The molecule has 124 valence electrons. The number of imidazole rings is 2. The van der Waals surface area contributed by atoms with E-state index in [2.05, 4.69) is 19.9 Å². The minimum absolute atomic E-state index is 0.787. The average molecular weight is 330 g/mol. The summed E-state index contributed by atoms with van der Waals surface area (Å²) < 4.78 is 5.98. The number of H-pyrrole nitrogens is 2. The van der Waals surface area contributed by atoms with Gasteiger partial charge in [0.2, 0.25) is 0 Å². The Morgan fingerprint density at radius 1 is 0.720 bits per heavy atom. The van der Waals surface area contributed by atoms with Crippen molar-refractivity contribution < 1.29 is 4.74 Å². The van der Waals surface area contributed by atoms with Gasteiger partial charge < -0.3 is 14.7 Å². The summed E-state index contributed by atoms with van der Waals surface area (Å²) in [5, 5.41) is 0. The van der Waals surface area contributed by atoms with Crippen LogP contribution in [0.25, 0.3) is 22.5 Å². The van der Waals surface area contributed by atoms with Gasteiger partial charge in [0.1, 0.15) is 23.1 Å². The van der Waals surface area contributed by atoms with E-state index in [0.29, 0.717) is 0 Å². The Balaban J connectivity index is 1.54. The zero-order valence-electron chi connectivity index (χ0n) is 14.1. The Bertz CT molecular complexity index is 998. The van der Waals surface area contributed by atoms with Crippen molar-refractivity contribution in [2.75, 3.05) is 0 Å². The maximum atomic E-state index is 5.98. The zero-order chi connectivity index (χ0) is 17.2. The van der Waals surface area contributed by atoms with Gasteiger partial charge >= 0.3 is 0 Å². The molecule has 4 rings (SSSR count). The summed E-state index contributed by atoms with van der Waals surface area (Å²) in [5.74, 6) is 3.37. The number of aromatic amines is 2. The van der Waals surface area contributed by atoms with Crippen molar-refractivity contribution in [3.8, 4) is 34.0 Å². The molecule has 0 aliphatic heterocycles. The van der Waals surface area contributed by atoms with E-state index in [1.165, 1.54) is 0 Å². The van der Waals surface area contributed by atoms with Crippen molar-refractivity contribution in [1.29, 1.82) is 0 Å². The lowest BCUT2D eigenvalue weighted by Gasteiger charge is -2.08. The summed E-state index contributed by atoms with van der Waals surface area (Å²) in [6, 6.07) is 15.9. The molecule has 2 aromatic carbocycles. The van der Waals surface area contributed by atoms with Gasteiger partial charge in [-0.15, -0.1) is 0 Å². The number of rotatable bonds is 4. The number of nitrogens with one attached hydrogen (secondary N) is 2. The largest absolute Gasteiger partial charge is 0.457 e. The van der Waals surface area contributed by atoms with E-state index in [9.17, 15) is 0 Å². The number of ether oxygens (including phenoxy) is 1. The van der Waals surface area contributed by atoms with Gasteiger partial charge in [0, 0.05) is 5.56 Å². The van der Waals surface area contributed by atoms with Gasteiger partial charge in [-0.05, 0) is 55.8 Å². The zero-order valence-corrected chi connectivity index (χ0v) is 14.1. The minimum atomic E-state index is 0.787. The van der Waals surface area contributed by atoms with Crippen LogP contribution in [0.3, 0.4) is 0 Å². The molecule has 0 saturated carbocycles. The fourth-order valence-corrected chi connectivity index (χ4v) is 2.70. The molecule has 0 amide bonds. The Hall–Kier alpha value is -3.34. The summed E-state index contributed by atoms with van der Waals surface area (Å²) >= 11 is 0. The normalized spacial score (nSPS) is 10.8. The van der Waals surface area contributed by atoms with E-state index in [1.54, 1.807) is 0 Å². The van der Waals surface area contributed by atoms with Crippen LogP contribution in [0.15, 0.2) is 60.9 Å². The summed E-state index contributed by atoms with van der Waals surface area (Å²) in [5.41, 5.74) is 4.10. The molecule has 0 spiro atoms. The summed E-state index contributed by atoms with van der Waals surface area (Å²) in [6.45, 7) is 3.88. The second-order valence-corrected chi connectivity index (χ2v) is 5.92. The van der Waals surface area contributed by atoms with Crippen LogP contribution >= 0.6 is 0 Å². The van der Waals surface area contributed by atoms with Crippen LogP contribution < -0.4 is 4.74 Å². The first-order valence-electron chi connectivity index (χ1n) is 8.09. The number of hydrogen-bond donors (Lipinski definition) is 2. The SMILES string of the molecule is Cc1ncc(-c2ccc(Oc3cccc(-c4cnc(C)[nH]4)c3)cc2)[nH]1. The molecule has 0 radical (unpaired) electrons. The highest BCUT2D eigenvalue weighted by Crippen LogP contribution is 2.28. The van der Waals surface area contributed by atoms with Crippen LogP contribution in [0.4, 0.5) is 0 Å². The summed E-state index contributed by atoms with van der Waals surface area (Å²) in [6.07, 6.45) is 3.66. The van der Waals surface area contributed by atoms with Crippen molar-refractivity contribution in [3.05, 3.63) is 72.6 Å². The molecule has 5 nitrogen and oxygen atoms in total. The molecule has 0 unspecified atom stereocenters. The van der Waals surface area contributed by atoms with E-state index >= 15 is 0 Å². The maximum Gasteiger partial charge on any atom is 0.128 e. The van der Waals surface area contributed by atoms with E-state index in [4.69, 9.17) is 4.74 Å². The molecule has 2 N–H and O–H groups in total. The fraction of sp³-hybridized carbons (Fsp3) is 0.100. The van der Waals surface area contributed by atoms with Gasteiger partial charge in [-0.2, -0.15) is 0 Å². The van der Waals surface area contributed by atoms with Crippen LogP contribution in [-0.2, 0) is 0 Å². The second kappa shape index (κ2) is 6.28. The first-order chi connectivity index (χ1) is 12.2. The molecule has 2 aromatic heterocycles. The maximum absolute atomic E-state index is 5.98. The Kier molecular flexibility index (Phi) is 3.82. The molecule has 0 aliphatic carbocycles. The van der Waals surface area contributed by atoms with Crippen LogP contribution in [0.1, 0.15) is 11.6 Å². The quantitative estimate of drug-likeness (QED) is 0.560. The van der Waals surface area contributed by atoms with Crippen molar-refractivity contribution in [2.45, 2.75) is 13.8 Å². The molecule has 4 aromatic rings. The molecular weight excluding hydrogens is 312 g/mol.